The Morgan fingerprint density at radius 1 is 1.30 bits per heavy atom. The third-order valence-corrected chi connectivity index (χ3v) is 4.18. The topological polar surface area (TPSA) is 106 Å². The minimum absolute atomic E-state index is 0.229. The van der Waals surface area contributed by atoms with Crippen molar-refractivity contribution in [1.82, 2.24) is 20.6 Å². The van der Waals surface area contributed by atoms with Crippen LogP contribution in [0.25, 0.3) is 10.9 Å². The number of hydrogen-bond donors (Lipinski definition) is 2. The third kappa shape index (κ3) is 3.80. The number of carbonyl (C=O) groups excluding carboxylic acids is 1. The van der Waals surface area contributed by atoms with Crippen LogP contribution in [0.3, 0.4) is 0 Å². The molecule has 3 aromatic heterocycles. The fourth-order valence-corrected chi connectivity index (χ4v) is 2.85. The molecule has 0 atom stereocenters. The molecule has 9 heteroatoms. The van der Waals surface area contributed by atoms with E-state index < -0.39 is 0 Å². The van der Waals surface area contributed by atoms with E-state index in [0.29, 0.717) is 23.1 Å². The van der Waals surface area contributed by atoms with E-state index >= 15 is 0 Å². The van der Waals surface area contributed by atoms with Crippen LogP contribution in [0.15, 0.2) is 45.6 Å². The Balaban J connectivity index is 1.46. The molecule has 4 aromatic rings. The lowest BCUT2D eigenvalue weighted by atomic mass is 10.2. The largest absolute Gasteiger partial charge is 0.484 e. The highest BCUT2D eigenvalue weighted by Gasteiger charge is 2.12. The summed E-state index contributed by atoms with van der Waals surface area (Å²) in [6, 6.07) is 8.83. The average Bonchev–Trinajstić information content (AvgIpc) is 3.38. The van der Waals surface area contributed by atoms with Gasteiger partial charge in [-0.3, -0.25) is 4.79 Å². The molecule has 0 aliphatic carbocycles. The molecule has 3 heterocycles. The van der Waals surface area contributed by atoms with E-state index in [0.717, 1.165) is 22.3 Å². The molecule has 0 unspecified atom stereocenters. The van der Waals surface area contributed by atoms with Crippen LogP contribution >= 0.6 is 11.6 Å². The summed E-state index contributed by atoms with van der Waals surface area (Å²) in [6.45, 7) is 2.38. The molecule has 0 spiro atoms. The third-order valence-electron chi connectivity index (χ3n) is 3.89. The number of nitrogens with zero attached hydrogens (tertiary/aromatic N) is 2. The van der Waals surface area contributed by atoms with Gasteiger partial charge >= 0.3 is 0 Å². The normalized spacial score (nSPS) is 11.0. The SMILES string of the molecule is Cc1cc(COc2cc3[nH]c(CNC(=O)c4ccon4)cc3cc2Cl)on1. The first-order valence-electron chi connectivity index (χ1n) is 8.13. The predicted octanol–water partition coefficient (Wildman–Crippen LogP) is 3.61. The summed E-state index contributed by atoms with van der Waals surface area (Å²) in [5.74, 6) is 0.830. The van der Waals surface area contributed by atoms with Gasteiger partial charge in [0.1, 0.15) is 18.6 Å². The van der Waals surface area contributed by atoms with E-state index in [1.54, 1.807) is 12.1 Å². The smallest absolute Gasteiger partial charge is 0.273 e. The van der Waals surface area contributed by atoms with Gasteiger partial charge in [-0.1, -0.05) is 21.9 Å². The van der Waals surface area contributed by atoms with Crippen LogP contribution in [0.5, 0.6) is 5.75 Å². The fourth-order valence-electron chi connectivity index (χ4n) is 2.63. The molecule has 2 N–H and O–H groups in total. The van der Waals surface area contributed by atoms with Gasteiger partial charge < -0.3 is 24.1 Å². The maximum atomic E-state index is 11.9. The Labute approximate surface area is 158 Å². The Kier molecular flexibility index (Phi) is 4.55. The lowest BCUT2D eigenvalue weighted by Crippen LogP contribution is -2.23. The van der Waals surface area contributed by atoms with Gasteiger partial charge in [-0.2, -0.15) is 0 Å². The van der Waals surface area contributed by atoms with Crippen molar-refractivity contribution in [2.24, 2.45) is 0 Å². The van der Waals surface area contributed by atoms with E-state index in [1.807, 2.05) is 19.1 Å². The summed E-state index contributed by atoms with van der Waals surface area (Å²) in [4.78, 5) is 15.2. The maximum absolute atomic E-state index is 11.9. The van der Waals surface area contributed by atoms with Crippen LogP contribution < -0.4 is 10.1 Å². The molecule has 0 bridgehead atoms. The average molecular weight is 387 g/mol. The lowest BCUT2D eigenvalue weighted by molar-refractivity contribution is 0.0941. The summed E-state index contributed by atoms with van der Waals surface area (Å²) in [5.41, 5.74) is 2.68. The van der Waals surface area contributed by atoms with E-state index in [2.05, 4.69) is 25.1 Å². The van der Waals surface area contributed by atoms with Gasteiger partial charge in [-0.25, -0.2) is 0 Å². The summed E-state index contributed by atoms with van der Waals surface area (Å²) in [6.07, 6.45) is 1.35. The van der Waals surface area contributed by atoms with E-state index in [4.69, 9.17) is 20.9 Å². The molecule has 4 rings (SSSR count). The predicted molar refractivity (Wildman–Crippen MR) is 96.6 cm³/mol. The maximum Gasteiger partial charge on any atom is 0.273 e. The van der Waals surface area contributed by atoms with Gasteiger partial charge in [-0.15, -0.1) is 0 Å². The van der Waals surface area contributed by atoms with Gasteiger partial charge in [-0.05, 0) is 19.1 Å². The van der Waals surface area contributed by atoms with Crippen molar-refractivity contribution in [3.8, 4) is 5.75 Å². The van der Waals surface area contributed by atoms with Crippen molar-refractivity contribution in [3.05, 3.63) is 64.5 Å². The van der Waals surface area contributed by atoms with Crippen LogP contribution in [-0.4, -0.2) is 21.2 Å². The molecule has 1 amide bonds. The van der Waals surface area contributed by atoms with Crippen molar-refractivity contribution in [3.63, 3.8) is 0 Å². The van der Waals surface area contributed by atoms with E-state index in [-0.39, 0.29) is 18.2 Å². The molecule has 1 aromatic carbocycles. The fraction of sp³-hybridized carbons (Fsp3) is 0.167. The van der Waals surface area contributed by atoms with Crippen molar-refractivity contribution < 1.29 is 18.6 Å². The summed E-state index contributed by atoms with van der Waals surface area (Å²) in [5, 5.41) is 11.6. The zero-order valence-electron chi connectivity index (χ0n) is 14.3. The van der Waals surface area contributed by atoms with Crippen molar-refractivity contribution in [1.29, 1.82) is 0 Å². The minimum atomic E-state index is -0.313. The number of nitrogens with one attached hydrogen (secondary N) is 2. The Morgan fingerprint density at radius 2 is 2.19 bits per heavy atom. The number of aromatic amines is 1. The molecular weight excluding hydrogens is 372 g/mol. The number of aryl methyl sites for hydroxylation is 1. The van der Waals surface area contributed by atoms with Crippen molar-refractivity contribution in [2.45, 2.75) is 20.1 Å². The Hall–Kier alpha value is -3.26. The second kappa shape index (κ2) is 7.16. The van der Waals surface area contributed by atoms with Gasteiger partial charge in [0, 0.05) is 34.8 Å². The number of rotatable bonds is 6. The number of aromatic nitrogens is 3. The highest BCUT2D eigenvalue weighted by Crippen LogP contribution is 2.31. The van der Waals surface area contributed by atoms with Crippen LogP contribution in [-0.2, 0) is 13.2 Å². The molecule has 138 valence electrons. The molecule has 0 aliphatic heterocycles. The standard InChI is InChI=1S/C18H15ClN4O4/c1-10-4-13(27-22-10)9-25-17-7-16-11(6-14(17)19)5-12(21-16)8-20-18(24)15-2-3-26-23-15/h2-7,21H,8-9H2,1H3,(H,20,24). The second-order valence-corrected chi connectivity index (χ2v) is 6.36. The van der Waals surface area contributed by atoms with Gasteiger partial charge in [0.05, 0.1) is 17.3 Å². The van der Waals surface area contributed by atoms with E-state index in [9.17, 15) is 4.79 Å². The van der Waals surface area contributed by atoms with Gasteiger partial charge in [0.2, 0.25) is 0 Å². The number of benzene rings is 1. The van der Waals surface area contributed by atoms with Crippen LogP contribution in [0, 0.1) is 6.92 Å². The molecule has 27 heavy (non-hydrogen) atoms. The first kappa shape index (κ1) is 17.2. The number of carbonyl (C=O) groups is 1. The number of ether oxygens (including phenoxy) is 1. The number of halogens is 1. The highest BCUT2D eigenvalue weighted by atomic mass is 35.5. The lowest BCUT2D eigenvalue weighted by Gasteiger charge is -2.06. The molecule has 0 saturated carbocycles. The molecule has 0 radical (unpaired) electrons. The van der Waals surface area contributed by atoms with Crippen molar-refractivity contribution in [2.75, 3.05) is 0 Å². The minimum Gasteiger partial charge on any atom is -0.484 e. The zero-order chi connectivity index (χ0) is 18.8. The van der Waals surface area contributed by atoms with Gasteiger partial charge in [0.15, 0.2) is 11.5 Å². The van der Waals surface area contributed by atoms with E-state index in [1.165, 1.54) is 12.3 Å². The summed E-state index contributed by atoms with van der Waals surface area (Å²) < 4.78 is 15.5. The molecule has 0 saturated heterocycles. The van der Waals surface area contributed by atoms with Crippen molar-refractivity contribution >= 4 is 28.4 Å². The Bertz CT molecular complexity index is 1080. The first-order valence-corrected chi connectivity index (χ1v) is 8.51. The second-order valence-electron chi connectivity index (χ2n) is 5.96. The quantitative estimate of drug-likeness (QED) is 0.524. The molecule has 0 fully saturated rings. The highest BCUT2D eigenvalue weighted by molar-refractivity contribution is 6.32. The van der Waals surface area contributed by atoms with Crippen LogP contribution in [0.2, 0.25) is 5.02 Å². The molecular formula is C18H15ClN4O4. The summed E-state index contributed by atoms with van der Waals surface area (Å²) in [7, 11) is 0. The number of hydrogen-bond acceptors (Lipinski definition) is 6. The molecule has 0 aliphatic rings. The Morgan fingerprint density at radius 3 is 2.93 bits per heavy atom. The van der Waals surface area contributed by atoms with Crippen LogP contribution in [0.1, 0.15) is 27.6 Å². The first-order chi connectivity index (χ1) is 13.1. The number of amides is 1. The summed E-state index contributed by atoms with van der Waals surface area (Å²) >= 11 is 6.31. The monoisotopic (exact) mass is 386 g/mol. The number of H-pyrrole nitrogens is 1. The van der Waals surface area contributed by atoms with Gasteiger partial charge in [0.25, 0.3) is 5.91 Å². The molecule has 8 nitrogen and oxygen atoms in total. The van der Waals surface area contributed by atoms with Crippen LogP contribution in [0.4, 0.5) is 0 Å². The number of fused-ring (bicyclic) bond motifs is 1. The zero-order valence-corrected chi connectivity index (χ0v) is 15.0.